The fourth-order valence-electron chi connectivity index (χ4n) is 1.68. The Morgan fingerprint density at radius 3 is 2.50 bits per heavy atom. The van der Waals surface area contributed by atoms with Crippen LogP contribution in [0, 0.1) is 6.92 Å². The van der Waals surface area contributed by atoms with Crippen LogP contribution < -0.4 is 11.1 Å². The molecule has 0 spiro atoms. The highest BCUT2D eigenvalue weighted by atomic mass is 14.9. The number of nitrogens with two attached hydrogens (primary N) is 1. The van der Waals surface area contributed by atoms with Gasteiger partial charge in [0.15, 0.2) is 0 Å². The summed E-state index contributed by atoms with van der Waals surface area (Å²) in [6.45, 7) is 2.90. The van der Waals surface area contributed by atoms with E-state index in [9.17, 15) is 0 Å². The highest BCUT2D eigenvalue weighted by Crippen LogP contribution is 2.18. The van der Waals surface area contributed by atoms with Gasteiger partial charge in [-0.15, -0.1) is 0 Å². The summed E-state index contributed by atoms with van der Waals surface area (Å²) in [5, 5.41) is 3.40. The fourth-order valence-corrected chi connectivity index (χ4v) is 1.68. The van der Waals surface area contributed by atoms with Crippen LogP contribution in [0.15, 0.2) is 48.5 Å². The summed E-state index contributed by atoms with van der Waals surface area (Å²) < 4.78 is 0. The quantitative estimate of drug-likeness (QED) is 0.767. The molecule has 0 saturated carbocycles. The first-order valence-electron chi connectivity index (χ1n) is 5.39. The van der Waals surface area contributed by atoms with E-state index in [0.29, 0.717) is 0 Å². The van der Waals surface area contributed by atoms with Gasteiger partial charge in [0.2, 0.25) is 0 Å². The van der Waals surface area contributed by atoms with Crippen molar-refractivity contribution in [3.63, 3.8) is 0 Å². The number of hydrogen-bond acceptors (Lipinski definition) is 2. The third-order valence-corrected chi connectivity index (χ3v) is 2.58. The Morgan fingerprint density at radius 2 is 1.81 bits per heavy atom. The third-order valence-electron chi connectivity index (χ3n) is 2.58. The van der Waals surface area contributed by atoms with Gasteiger partial charge in [-0.1, -0.05) is 30.3 Å². The molecule has 0 aromatic heterocycles. The van der Waals surface area contributed by atoms with Gasteiger partial charge < -0.3 is 11.1 Å². The largest absolute Gasteiger partial charge is 0.399 e. The second-order valence-corrected chi connectivity index (χ2v) is 3.91. The molecule has 0 amide bonds. The SMILES string of the molecule is Cc1cc(N)ccc1NCc1ccccc1. The summed E-state index contributed by atoms with van der Waals surface area (Å²) in [4.78, 5) is 0. The molecule has 0 heterocycles. The number of rotatable bonds is 3. The molecule has 2 aromatic rings. The fraction of sp³-hybridized carbons (Fsp3) is 0.143. The standard InChI is InChI=1S/C14H16N2/c1-11-9-13(15)7-8-14(11)16-10-12-5-3-2-4-6-12/h2-9,16H,10,15H2,1H3. The maximum absolute atomic E-state index is 5.71. The summed E-state index contributed by atoms with van der Waals surface area (Å²) >= 11 is 0. The van der Waals surface area contributed by atoms with Crippen molar-refractivity contribution in [2.75, 3.05) is 11.1 Å². The number of benzene rings is 2. The van der Waals surface area contributed by atoms with E-state index >= 15 is 0 Å². The van der Waals surface area contributed by atoms with E-state index in [-0.39, 0.29) is 0 Å². The van der Waals surface area contributed by atoms with Crippen molar-refractivity contribution in [1.29, 1.82) is 0 Å². The number of hydrogen-bond donors (Lipinski definition) is 2. The molecule has 0 fully saturated rings. The normalized spacial score (nSPS) is 10.1. The second-order valence-electron chi connectivity index (χ2n) is 3.91. The van der Waals surface area contributed by atoms with Gasteiger partial charge in [-0.25, -0.2) is 0 Å². The predicted molar refractivity (Wildman–Crippen MR) is 69.4 cm³/mol. The lowest BCUT2D eigenvalue weighted by Crippen LogP contribution is -2.01. The Balaban J connectivity index is 2.05. The van der Waals surface area contributed by atoms with E-state index in [1.165, 1.54) is 11.1 Å². The molecule has 0 saturated heterocycles. The molecule has 2 nitrogen and oxygen atoms in total. The summed E-state index contributed by atoms with van der Waals surface area (Å²) in [5.41, 5.74) is 10.1. The van der Waals surface area contributed by atoms with E-state index in [1.807, 2.05) is 36.4 Å². The van der Waals surface area contributed by atoms with Crippen LogP contribution >= 0.6 is 0 Å². The van der Waals surface area contributed by atoms with Gasteiger partial charge in [0.1, 0.15) is 0 Å². The number of nitrogen functional groups attached to an aromatic ring is 1. The van der Waals surface area contributed by atoms with Gasteiger partial charge in [0.25, 0.3) is 0 Å². The third kappa shape index (κ3) is 2.54. The van der Waals surface area contributed by atoms with Crippen molar-refractivity contribution in [2.24, 2.45) is 0 Å². The van der Waals surface area contributed by atoms with E-state index < -0.39 is 0 Å². The van der Waals surface area contributed by atoms with Crippen molar-refractivity contribution in [3.8, 4) is 0 Å². The van der Waals surface area contributed by atoms with Crippen LogP contribution in [0.2, 0.25) is 0 Å². The molecule has 0 aliphatic heterocycles. The van der Waals surface area contributed by atoms with E-state index in [2.05, 4.69) is 24.4 Å². The van der Waals surface area contributed by atoms with Gasteiger partial charge in [0, 0.05) is 17.9 Å². The minimum Gasteiger partial charge on any atom is -0.399 e. The Bertz CT molecular complexity index is 463. The molecule has 0 aliphatic carbocycles. The maximum Gasteiger partial charge on any atom is 0.0400 e. The molecule has 0 radical (unpaired) electrons. The van der Waals surface area contributed by atoms with Gasteiger partial charge in [-0.3, -0.25) is 0 Å². The van der Waals surface area contributed by atoms with Crippen molar-refractivity contribution < 1.29 is 0 Å². The first-order chi connectivity index (χ1) is 7.75. The monoisotopic (exact) mass is 212 g/mol. The Hall–Kier alpha value is -1.96. The molecular weight excluding hydrogens is 196 g/mol. The summed E-state index contributed by atoms with van der Waals surface area (Å²) in [7, 11) is 0. The lowest BCUT2D eigenvalue weighted by atomic mass is 10.1. The number of nitrogens with one attached hydrogen (secondary N) is 1. The molecule has 0 bridgehead atoms. The van der Waals surface area contributed by atoms with E-state index in [4.69, 9.17) is 5.73 Å². The Morgan fingerprint density at radius 1 is 1.06 bits per heavy atom. The van der Waals surface area contributed by atoms with Crippen LogP contribution in [0.5, 0.6) is 0 Å². The molecule has 2 rings (SSSR count). The summed E-state index contributed by atoms with van der Waals surface area (Å²) in [5.74, 6) is 0. The van der Waals surface area contributed by atoms with E-state index in [1.54, 1.807) is 0 Å². The Labute approximate surface area is 96.1 Å². The second kappa shape index (κ2) is 4.71. The van der Waals surface area contributed by atoms with Crippen LogP contribution in [0.1, 0.15) is 11.1 Å². The minimum atomic E-state index is 0.808. The highest BCUT2D eigenvalue weighted by Gasteiger charge is 1.98. The lowest BCUT2D eigenvalue weighted by Gasteiger charge is -2.10. The van der Waals surface area contributed by atoms with Crippen molar-refractivity contribution >= 4 is 11.4 Å². The zero-order chi connectivity index (χ0) is 11.4. The van der Waals surface area contributed by atoms with Gasteiger partial charge in [0.05, 0.1) is 0 Å². The predicted octanol–water partition coefficient (Wildman–Crippen LogP) is 3.19. The molecule has 16 heavy (non-hydrogen) atoms. The van der Waals surface area contributed by atoms with E-state index in [0.717, 1.165) is 17.9 Å². The van der Waals surface area contributed by atoms with Crippen LogP contribution in [0.25, 0.3) is 0 Å². The zero-order valence-electron chi connectivity index (χ0n) is 9.40. The topological polar surface area (TPSA) is 38.0 Å². The van der Waals surface area contributed by atoms with Gasteiger partial charge in [-0.2, -0.15) is 0 Å². The first kappa shape index (κ1) is 10.6. The molecule has 2 heteroatoms. The molecule has 2 aromatic carbocycles. The summed E-state index contributed by atoms with van der Waals surface area (Å²) in [6, 6.07) is 16.3. The maximum atomic E-state index is 5.71. The first-order valence-corrected chi connectivity index (χ1v) is 5.39. The van der Waals surface area contributed by atoms with Crippen molar-refractivity contribution in [2.45, 2.75) is 13.5 Å². The smallest absolute Gasteiger partial charge is 0.0400 e. The summed E-state index contributed by atoms with van der Waals surface area (Å²) in [6.07, 6.45) is 0. The molecular formula is C14H16N2. The van der Waals surface area contributed by atoms with Crippen molar-refractivity contribution in [3.05, 3.63) is 59.7 Å². The van der Waals surface area contributed by atoms with Crippen molar-refractivity contribution in [1.82, 2.24) is 0 Å². The van der Waals surface area contributed by atoms with Crippen LogP contribution in [0.3, 0.4) is 0 Å². The number of aryl methyl sites for hydroxylation is 1. The Kier molecular flexibility index (Phi) is 3.10. The van der Waals surface area contributed by atoms with Gasteiger partial charge >= 0.3 is 0 Å². The highest BCUT2D eigenvalue weighted by molar-refractivity contribution is 5.57. The molecule has 0 atom stereocenters. The average Bonchev–Trinajstić information content (AvgIpc) is 2.29. The molecule has 0 unspecified atom stereocenters. The molecule has 82 valence electrons. The van der Waals surface area contributed by atoms with Crippen LogP contribution in [-0.4, -0.2) is 0 Å². The average molecular weight is 212 g/mol. The lowest BCUT2D eigenvalue weighted by molar-refractivity contribution is 1.14. The molecule has 0 aliphatic rings. The van der Waals surface area contributed by atoms with Crippen LogP contribution in [-0.2, 0) is 6.54 Å². The van der Waals surface area contributed by atoms with Gasteiger partial charge in [-0.05, 0) is 36.2 Å². The van der Waals surface area contributed by atoms with Crippen LogP contribution in [0.4, 0.5) is 11.4 Å². The number of anilines is 2. The molecule has 3 N–H and O–H groups in total. The zero-order valence-corrected chi connectivity index (χ0v) is 9.40. The minimum absolute atomic E-state index is 0.808.